The molecule has 0 atom stereocenters. The number of allylic oxidation sites excluding steroid dienone is 5. The minimum absolute atomic E-state index is 0.655. The predicted octanol–water partition coefficient (Wildman–Crippen LogP) is 11.2. The highest BCUT2D eigenvalue weighted by Gasteiger charge is 2.22. The van der Waals surface area contributed by atoms with Gasteiger partial charge < -0.3 is 5.73 Å². The lowest BCUT2D eigenvalue weighted by Crippen LogP contribution is -2.28. The summed E-state index contributed by atoms with van der Waals surface area (Å²) in [5, 5.41) is 4.05. The van der Waals surface area contributed by atoms with Crippen LogP contribution in [0.4, 0.5) is 0 Å². The van der Waals surface area contributed by atoms with Gasteiger partial charge in [0.15, 0.2) is 0 Å². The lowest BCUT2D eigenvalue weighted by atomic mass is 10.1. The average Bonchev–Trinajstić information content (AvgIpc) is 3.75. The van der Waals surface area contributed by atoms with Crippen molar-refractivity contribution in [2.24, 2.45) is 5.73 Å². The standard InChI is InChI=1S/C53H45N5/c1-5-21-50-43(7-3)45-36-46-44(8-4)51(22-6-2)58(42-34-48(39-27-17-11-18-28-39)55-49(35-42)40-29-19-12-20-30-40)53(46)56-52(45)57(50)41(32-31-37-23-13-9-14-24-37)33-47(54)38-25-15-10-16-26-38/h5-30,32-36H,2-3,31,54H2,1,4H3/b21-5-,41-32+,44-8-,47-33-,51-22+. The van der Waals surface area contributed by atoms with Crippen LogP contribution in [0.25, 0.3) is 86.0 Å². The lowest BCUT2D eigenvalue weighted by molar-refractivity contribution is 1.03. The SMILES string of the molecule is C=C/C=c1\c(=C/C)c2cc3c(C=C)c(/C=C\C)n(C(/C=C(\N)c4ccccc4)=C/Cc4ccccc4)c3nc2n1-c1cc(-c2ccccc2)nc(-c2ccccc2)c1. The van der Waals surface area contributed by atoms with Gasteiger partial charge in [0.25, 0.3) is 0 Å². The summed E-state index contributed by atoms with van der Waals surface area (Å²) in [6, 6.07) is 47.8. The van der Waals surface area contributed by atoms with Gasteiger partial charge in [-0.2, -0.15) is 0 Å². The minimum atomic E-state index is 0.655. The van der Waals surface area contributed by atoms with Gasteiger partial charge in [-0.3, -0.25) is 9.13 Å². The first-order chi connectivity index (χ1) is 28.5. The number of aromatic nitrogens is 4. The number of rotatable bonds is 11. The third kappa shape index (κ3) is 7.17. The zero-order chi connectivity index (χ0) is 40.0. The molecule has 4 aromatic heterocycles. The van der Waals surface area contributed by atoms with Gasteiger partial charge in [-0.25, -0.2) is 9.97 Å². The summed E-state index contributed by atoms with van der Waals surface area (Å²) in [4.78, 5) is 10.9. The second-order valence-corrected chi connectivity index (χ2v) is 14.0. The summed E-state index contributed by atoms with van der Waals surface area (Å²) in [6.45, 7) is 12.6. The average molecular weight is 752 g/mol. The topological polar surface area (TPSA) is 61.7 Å². The van der Waals surface area contributed by atoms with Crippen LogP contribution in [0.15, 0.2) is 177 Å². The van der Waals surface area contributed by atoms with E-state index in [0.29, 0.717) is 12.1 Å². The number of pyridine rings is 2. The van der Waals surface area contributed by atoms with Crippen LogP contribution in [0, 0.1) is 0 Å². The molecule has 0 spiro atoms. The third-order valence-corrected chi connectivity index (χ3v) is 10.4. The van der Waals surface area contributed by atoms with E-state index in [1.165, 1.54) is 5.56 Å². The molecule has 0 aliphatic heterocycles. The minimum Gasteiger partial charge on any atom is -0.398 e. The van der Waals surface area contributed by atoms with E-state index in [0.717, 1.165) is 83.4 Å². The second kappa shape index (κ2) is 16.7. The van der Waals surface area contributed by atoms with Gasteiger partial charge in [0, 0.05) is 44.1 Å². The van der Waals surface area contributed by atoms with Gasteiger partial charge in [0.2, 0.25) is 0 Å². The van der Waals surface area contributed by atoms with Gasteiger partial charge in [-0.05, 0) is 67.8 Å². The van der Waals surface area contributed by atoms with Crippen LogP contribution < -0.4 is 16.3 Å². The molecule has 0 aliphatic carbocycles. The van der Waals surface area contributed by atoms with Gasteiger partial charge in [0.1, 0.15) is 11.3 Å². The first-order valence-corrected chi connectivity index (χ1v) is 19.6. The lowest BCUT2D eigenvalue weighted by Gasteiger charge is -2.14. The molecule has 5 nitrogen and oxygen atoms in total. The van der Waals surface area contributed by atoms with Crippen LogP contribution in [0.2, 0.25) is 0 Å². The normalized spacial score (nSPS) is 12.9. The van der Waals surface area contributed by atoms with Gasteiger partial charge >= 0.3 is 0 Å². The van der Waals surface area contributed by atoms with Crippen LogP contribution in [0.3, 0.4) is 0 Å². The molecule has 58 heavy (non-hydrogen) atoms. The molecule has 0 fully saturated rings. The van der Waals surface area contributed by atoms with Crippen molar-refractivity contribution < 1.29 is 0 Å². The Bertz CT molecular complexity index is 2940. The Hall–Kier alpha value is -7.50. The zero-order valence-electron chi connectivity index (χ0n) is 32.9. The molecule has 5 heteroatoms. The number of hydrogen-bond acceptors (Lipinski definition) is 3. The van der Waals surface area contributed by atoms with Crippen molar-refractivity contribution in [3.05, 3.63) is 210 Å². The van der Waals surface area contributed by atoms with E-state index in [9.17, 15) is 0 Å². The van der Waals surface area contributed by atoms with Crippen molar-refractivity contribution in [3.8, 4) is 28.2 Å². The Morgan fingerprint density at radius 1 is 0.707 bits per heavy atom. The number of fused-ring (bicyclic) bond motifs is 2. The molecule has 0 saturated carbocycles. The molecular formula is C53H45N5. The molecule has 0 aliphatic rings. The maximum Gasteiger partial charge on any atom is 0.148 e. The second-order valence-electron chi connectivity index (χ2n) is 14.0. The Kier molecular flexibility index (Phi) is 10.8. The maximum absolute atomic E-state index is 6.92. The number of hydrogen-bond donors (Lipinski definition) is 1. The molecular weight excluding hydrogens is 707 g/mol. The Morgan fingerprint density at radius 3 is 1.88 bits per heavy atom. The Morgan fingerprint density at radius 2 is 1.31 bits per heavy atom. The zero-order valence-corrected chi connectivity index (χ0v) is 32.9. The van der Waals surface area contributed by atoms with E-state index in [-0.39, 0.29) is 0 Å². The smallest absolute Gasteiger partial charge is 0.148 e. The first kappa shape index (κ1) is 37.4. The molecule has 0 unspecified atom stereocenters. The molecule has 8 rings (SSSR count). The van der Waals surface area contributed by atoms with E-state index in [4.69, 9.17) is 15.7 Å². The summed E-state index contributed by atoms with van der Waals surface area (Å²) >= 11 is 0. The third-order valence-electron chi connectivity index (χ3n) is 10.4. The number of benzene rings is 4. The Labute approximate surface area is 339 Å². The first-order valence-electron chi connectivity index (χ1n) is 19.6. The molecule has 4 heterocycles. The highest BCUT2D eigenvalue weighted by atomic mass is 15.1. The predicted molar refractivity (Wildman–Crippen MR) is 247 cm³/mol. The van der Waals surface area contributed by atoms with Crippen LogP contribution in [-0.4, -0.2) is 19.1 Å². The summed E-state index contributed by atoms with van der Waals surface area (Å²) in [5.74, 6) is 0. The highest BCUT2D eigenvalue weighted by molar-refractivity contribution is 6.01. The number of nitrogens with two attached hydrogens (primary N) is 1. The Balaban J connectivity index is 1.49. The fourth-order valence-corrected chi connectivity index (χ4v) is 7.70. The quantitative estimate of drug-likeness (QED) is 0.134. The molecule has 0 bridgehead atoms. The van der Waals surface area contributed by atoms with E-state index in [1.54, 1.807) is 0 Å². The van der Waals surface area contributed by atoms with E-state index < -0.39 is 0 Å². The summed E-state index contributed by atoms with van der Waals surface area (Å²) in [6.07, 6.45) is 17.2. The molecule has 0 radical (unpaired) electrons. The molecule has 0 amide bonds. The number of nitrogens with zero attached hydrogens (tertiary/aromatic N) is 4. The van der Waals surface area contributed by atoms with Crippen molar-refractivity contribution in [2.45, 2.75) is 20.3 Å². The van der Waals surface area contributed by atoms with Crippen LogP contribution in [0.5, 0.6) is 0 Å². The fraction of sp³-hybridized carbons (Fsp3) is 0.0566. The van der Waals surface area contributed by atoms with Crippen LogP contribution >= 0.6 is 0 Å². The maximum atomic E-state index is 6.92. The van der Waals surface area contributed by atoms with Crippen LogP contribution in [0.1, 0.15) is 36.2 Å². The molecule has 0 saturated heterocycles. The van der Waals surface area contributed by atoms with Gasteiger partial charge in [-0.1, -0.05) is 165 Å². The van der Waals surface area contributed by atoms with Gasteiger partial charge in [-0.15, -0.1) is 0 Å². The van der Waals surface area contributed by atoms with Crippen molar-refractivity contribution >= 4 is 57.8 Å². The van der Waals surface area contributed by atoms with E-state index in [2.05, 4.69) is 132 Å². The summed E-state index contributed by atoms with van der Waals surface area (Å²) in [5.41, 5.74) is 18.9. The summed E-state index contributed by atoms with van der Waals surface area (Å²) in [7, 11) is 0. The van der Waals surface area contributed by atoms with Crippen molar-refractivity contribution in [2.75, 3.05) is 0 Å². The molecule has 2 N–H and O–H groups in total. The summed E-state index contributed by atoms with van der Waals surface area (Å²) < 4.78 is 4.47. The molecule has 4 aromatic carbocycles. The monoisotopic (exact) mass is 751 g/mol. The highest BCUT2D eigenvalue weighted by Crippen LogP contribution is 2.34. The fourth-order valence-electron chi connectivity index (χ4n) is 7.70. The molecule has 8 aromatic rings. The van der Waals surface area contributed by atoms with Crippen LogP contribution in [-0.2, 0) is 6.42 Å². The van der Waals surface area contributed by atoms with E-state index >= 15 is 0 Å². The van der Waals surface area contributed by atoms with Crippen molar-refractivity contribution in [3.63, 3.8) is 0 Å². The largest absolute Gasteiger partial charge is 0.398 e. The van der Waals surface area contributed by atoms with Gasteiger partial charge in [0.05, 0.1) is 28.1 Å². The van der Waals surface area contributed by atoms with Crippen molar-refractivity contribution in [1.29, 1.82) is 0 Å². The van der Waals surface area contributed by atoms with E-state index in [1.807, 2.05) is 91.9 Å². The van der Waals surface area contributed by atoms with Crippen molar-refractivity contribution in [1.82, 2.24) is 19.1 Å². The molecule has 282 valence electrons.